The van der Waals surface area contributed by atoms with Gasteiger partial charge < -0.3 is 4.85 Å². The van der Waals surface area contributed by atoms with Gasteiger partial charge in [-0.3, -0.25) is 9.78 Å². The summed E-state index contributed by atoms with van der Waals surface area (Å²) >= 11 is 0. The third-order valence-corrected chi connectivity index (χ3v) is 1.44. The van der Waals surface area contributed by atoms with E-state index >= 15 is 0 Å². The van der Waals surface area contributed by atoms with Gasteiger partial charge in [-0.1, -0.05) is 0 Å². The highest BCUT2D eigenvalue weighted by Gasteiger charge is 2.07. The van der Waals surface area contributed by atoms with Gasteiger partial charge in [0, 0.05) is 17.5 Å². The molecule has 0 saturated carbocycles. The highest BCUT2D eigenvalue weighted by molar-refractivity contribution is 5.98. The maximum absolute atomic E-state index is 11.2. The zero-order chi connectivity index (χ0) is 8.97. The Balaban J connectivity index is 2.90. The predicted octanol–water partition coefficient (Wildman–Crippen LogP) is 1.49. The van der Waals surface area contributed by atoms with Gasteiger partial charge in [0.1, 0.15) is 0 Å². The molecule has 1 aromatic heterocycles. The van der Waals surface area contributed by atoms with Gasteiger partial charge >= 0.3 is 0 Å². The first-order valence-electron chi connectivity index (χ1n) is 3.53. The SMILES string of the molecule is [C-]#[N+]CC(=O)c1ccnc(C)c1. The first-order chi connectivity index (χ1) is 5.74. The van der Waals surface area contributed by atoms with E-state index < -0.39 is 0 Å². The van der Waals surface area contributed by atoms with Gasteiger partial charge in [-0.2, -0.15) is 0 Å². The molecule has 0 unspecified atom stereocenters. The fourth-order valence-electron chi connectivity index (χ4n) is 0.882. The molecule has 0 amide bonds. The number of aromatic nitrogens is 1. The van der Waals surface area contributed by atoms with E-state index in [4.69, 9.17) is 6.57 Å². The second kappa shape index (κ2) is 3.63. The molecule has 0 radical (unpaired) electrons. The Morgan fingerprint density at radius 3 is 3.08 bits per heavy atom. The number of carbonyl (C=O) groups excluding carboxylic acids is 1. The van der Waals surface area contributed by atoms with Crippen molar-refractivity contribution >= 4 is 5.78 Å². The molecule has 0 aliphatic heterocycles. The van der Waals surface area contributed by atoms with Gasteiger partial charge in [0.15, 0.2) is 0 Å². The molecule has 1 aromatic rings. The number of pyridine rings is 1. The van der Waals surface area contributed by atoms with Crippen LogP contribution >= 0.6 is 0 Å². The van der Waals surface area contributed by atoms with Gasteiger partial charge in [0.05, 0.1) is 0 Å². The lowest BCUT2D eigenvalue weighted by atomic mass is 10.1. The van der Waals surface area contributed by atoms with Crippen molar-refractivity contribution in [3.05, 3.63) is 41.0 Å². The third kappa shape index (κ3) is 1.89. The Morgan fingerprint density at radius 1 is 1.75 bits per heavy atom. The number of ketones is 1. The lowest BCUT2D eigenvalue weighted by Crippen LogP contribution is -2.02. The van der Waals surface area contributed by atoms with E-state index in [-0.39, 0.29) is 12.3 Å². The van der Waals surface area contributed by atoms with Gasteiger partial charge in [0.2, 0.25) is 5.78 Å². The van der Waals surface area contributed by atoms with Gasteiger partial charge in [0.25, 0.3) is 6.54 Å². The predicted molar refractivity (Wildman–Crippen MR) is 44.8 cm³/mol. The number of hydrogen-bond donors (Lipinski definition) is 0. The fraction of sp³-hybridized carbons (Fsp3) is 0.222. The topological polar surface area (TPSA) is 34.3 Å². The molecule has 0 atom stereocenters. The highest BCUT2D eigenvalue weighted by atomic mass is 16.1. The first-order valence-corrected chi connectivity index (χ1v) is 3.53. The highest BCUT2D eigenvalue weighted by Crippen LogP contribution is 2.01. The van der Waals surface area contributed by atoms with Crippen LogP contribution in [0.5, 0.6) is 0 Å². The fourth-order valence-corrected chi connectivity index (χ4v) is 0.882. The molecule has 0 aromatic carbocycles. The summed E-state index contributed by atoms with van der Waals surface area (Å²) in [7, 11) is 0. The summed E-state index contributed by atoms with van der Waals surface area (Å²) < 4.78 is 0. The molecule has 0 saturated heterocycles. The second-order valence-corrected chi connectivity index (χ2v) is 2.43. The van der Waals surface area contributed by atoms with E-state index in [1.165, 1.54) is 0 Å². The standard InChI is InChI=1S/C9H8N2O/c1-7-5-8(3-4-11-7)9(12)6-10-2/h3-5H,6H2,1H3. The summed E-state index contributed by atoms with van der Waals surface area (Å²) in [6.45, 7) is 8.26. The monoisotopic (exact) mass is 160 g/mol. The van der Waals surface area contributed by atoms with Crippen molar-refractivity contribution < 1.29 is 4.79 Å². The maximum atomic E-state index is 11.2. The number of Topliss-reactive ketones (excluding diaryl/α,β-unsaturated/α-hetero) is 1. The minimum absolute atomic E-state index is 0.0799. The Labute approximate surface area is 70.9 Å². The van der Waals surface area contributed by atoms with Crippen molar-refractivity contribution in [2.24, 2.45) is 0 Å². The van der Waals surface area contributed by atoms with Crippen molar-refractivity contribution in [1.29, 1.82) is 0 Å². The number of hydrogen-bond acceptors (Lipinski definition) is 2. The summed E-state index contributed by atoms with van der Waals surface area (Å²) in [5.74, 6) is -0.143. The van der Waals surface area contributed by atoms with E-state index in [9.17, 15) is 4.79 Å². The molecule has 0 aliphatic carbocycles. The zero-order valence-corrected chi connectivity index (χ0v) is 6.74. The number of aryl methyl sites for hydroxylation is 1. The second-order valence-electron chi connectivity index (χ2n) is 2.43. The lowest BCUT2D eigenvalue weighted by molar-refractivity contribution is 0.101. The van der Waals surface area contributed by atoms with E-state index in [0.29, 0.717) is 5.56 Å². The molecule has 1 heterocycles. The molecule has 0 spiro atoms. The Kier molecular flexibility index (Phi) is 2.54. The molecule has 0 fully saturated rings. The van der Waals surface area contributed by atoms with E-state index in [1.54, 1.807) is 18.3 Å². The van der Waals surface area contributed by atoms with E-state index in [1.807, 2.05) is 6.92 Å². The molecule has 3 nitrogen and oxygen atoms in total. The number of nitrogens with zero attached hydrogens (tertiary/aromatic N) is 2. The minimum atomic E-state index is -0.143. The smallest absolute Gasteiger partial charge is 0.276 e. The number of carbonyl (C=O) groups is 1. The van der Waals surface area contributed by atoms with Crippen molar-refractivity contribution in [1.82, 2.24) is 4.98 Å². The van der Waals surface area contributed by atoms with Crippen molar-refractivity contribution in [2.75, 3.05) is 6.54 Å². The average molecular weight is 160 g/mol. The molecule has 12 heavy (non-hydrogen) atoms. The summed E-state index contributed by atoms with van der Waals surface area (Å²) in [5, 5.41) is 0. The molecule has 0 bridgehead atoms. The minimum Gasteiger partial charge on any atom is -0.308 e. The first kappa shape index (κ1) is 8.41. The molecule has 0 N–H and O–H groups in total. The van der Waals surface area contributed by atoms with Crippen LogP contribution in [0, 0.1) is 13.5 Å². The maximum Gasteiger partial charge on any atom is 0.276 e. The Hall–Kier alpha value is -1.69. The largest absolute Gasteiger partial charge is 0.308 e. The van der Waals surface area contributed by atoms with Gasteiger partial charge in [-0.25, -0.2) is 6.57 Å². The van der Waals surface area contributed by atoms with Crippen LogP contribution in [0.3, 0.4) is 0 Å². The van der Waals surface area contributed by atoms with Crippen LogP contribution in [0.25, 0.3) is 4.85 Å². The van der Waals surface area contributed by atoms with Crippen molar-refractivity contribution in [3.63, 3.8) is 0 Å². The van der Waals surface area contributed by atoms with Crippen molar-refractivity contribution in [3.8, 4) is 0 Å². The summed E-state index contributed by atoms with van der Waals surface area (Å²) in [5.41, 5.74) is 1.37. The van der Waals surface area contributed by atoms with Gasteiger partial charge in [-0.05, 0) is 19.1 Å². The Morgan fingerprint density at radius 2 is 2.50 bits per heavy atom. The quantitative estimate of drug-likeness (QED) is 0.485. The average Bonchev–Trinajstić information content (AvgIpc) is 2.05. The zero-order valence-electron chi connectivity index (χ0n) is 6.74. The van der Waals surface area contributed by atoms with Crippen molar-refractivity contribution in [2.45, 2.75) is 6.92 Å². The normalized spacial score (nSPS) is 9.00. The third-order valence-electron chi connectivity index (χ3n) is 1.44. The number of rotatable bonds is 2. The van der Waals surface area contributed by atoms with Crippen LogP contribution in [0.2, 0.25) is 0 Å². The molecule has 60 valence electrons. The van der Waals surface area contributed by atoms with E-state index in [0.717, 1.165) is 5.69 Å². The van der Waals surface area contributed by atoms with Crippen LogP contribution in [0.1, 0.15) is 16.1 Å². The molecular formula is C9H8N2O. The van der Waals surface area contributed by atoms with E-state index in [2.05, 4.69) is 9.83 Å². The van der Waals surface area contributed by atoms with Gasteiger partial charge in [-0.15, -0.1) is 0 Å². The lowest BCUT2D eigenvalue weighted by Gasteiger charge is -1.94. The summed E-state index contributed by atoms with van der Waals surface area (Å²) in [6, 6.07) is 3.31. The van der Waals surface area contributed by atoms with Crippen LogP contribution in [0.15, 0.2) is 18.3 Å². The van der Waals surface area contributed by atoms with Crippen LogP contribution < -0.4 is 0 Å². The molecule has 0 aliphatic rings. The molecule has 1 rings (SSSR count). The molecular weight excluding hydrogens is 152 g/mol. The van der Waals surface area contributed by atoms with Crippen LogP contribution in [-0.4, -0.2) is 17.3 Å². The van der Waals surface area contributed by atoms with Crippen LogP contribution in [-0.2, 0) is 0 Å². The molecule has 3 heteroatoms. The van der Waals surface area contributed by atoms with Crippen LogP contribution in [0.4, 0.5) is 0 Å². The summed E-state index contributed by atoms with van der Waals surface area (Å²) in [4.78, 5) is 18.1. The summed E-state index contributed by atoms with van der Waals surface area (Å²) in [6.07, 6.45) is 1.58. The Bertz CT molecular complexity index is 339.